The van der Waals surface area contributed by atoms with Crippen LogP contribution in [0.4, 0.5) is 0 Å². The predicted octanol–water partition coefficient (Wildman–Crippen LogP) is 0.489. The van der Waals surface area contributed by atoms with Gasteiger partial charge in [-0.1, -0.05) is 20.8 Å². The van der Waals surface area contributed by atoms with E-state index in [4.69, 9.17) is 11.1 Å². The molecular formula is C6H18ClN3Si. The van der Waals surface area contributed by atoms with E-state index in [9.17, 15) is 0 Å². The lowest BCUT2D eigenvalue weighted by Gasteiger charge is -2.25. The van der Waals surface area contributed by atoms with Gasteiger partial charge < -0.3 is 14.9 Å². The highest BCUT2D eigenvalue weighted by atomic mass is 35.6. The molecule has 0 saturated carbocycles. The third-order valence-corrected chi connectivity index (χ3v) is 4.99. The molecule has 5 heteroatoms. The summed E-state index contributed by atoms with van der Waals surface area (Å²) in [6.45, 7) is 8.86. The minimum Gasteiger partial charge on any atom is -0.301 e. The Bertz CT molecular complexity index is 84.8. The van der Waals surface area contributed by atoms with E-state index in [-0.39, 0.29) is 0 Å². The van der Waals surface area contributed by atoms with Crippen molar-refractivity contribution in [3.05, 3.63) is 0 Å². The highest BCUT2D eigenvalue weighted by molar-refractivity contribution is 7.16. The van der Waals surface area contributed by atoms with Gasteiger partial charge in [0.25, 0.3) is 0 Å². The lowest BCUT2D eigenvalue weighted by molar-refractivity contribution is 0.807. The van der Waals surface area contributed by atoms with E-state index in [2.05, 4.69) is 35.7 Å². The van der Waals surface area contributed by atoms with Crippen LogP contribution in [0.15, 0.2) is 0 Å². The zero-order chi connectivity index (χ0) is 8.74. The Kier molecular flexibility index (Phi) is 6.17. The zero-order valence-corrected chi connectivity index (χ0v) is 9.26. The number of hydrogen-bond acceptors (Lipinski definition) is 3. The first kappa shape index (κ1) is 11.4. The Morgan fingerprint density at radius 2 is 1.18 bits per heavy atom. The van der Waals surface area contributed by atoms with Crippen molar-refractivity contribution in [2.24, 2.45) is 0 Å². The van der Waals surface area contributed by atoms with Crippen molar-refractivity contribution in [3.8, 4) is 0 Å². The molecule has 0 aliphatic carbocycles. The normalized spacial score (nSPS) is 12.0. The van der Waals surface area contributed by atoms with Gasteiger partial charge in [-0.15, -0.1) is 11.1 Å². The van der Waals surface area contributed by atoms with Crippen LogP contribution in [0.5, 0.6) is 0 Å². The van der Waals surface area contributed by atoms with Gasteiger partial charge in [-0.05, 0) is 19.6 Å². The van der Waals surface area contributed by atoms with E-state index in [1.165, 1.54) is 0 Å². The molecular weight excluding hydrogens is 178 g/mol. The van der Waals surface area contributed by atoms with Gasteiger partial charge in [0.2, 0.25) is 0 Å². The fourth-order valence-corrected chi connectivity index (χ4v) is 3.96. The van der Waals surface area contributed by atoms with Crippen LogP contribution in [0.25, 0.3) is 0 Å². The first-order valence-corrected chi connectivity index (χ1v) is 7.13. The van der Waals surface area contributed by atoms with Crippen LogP contribution in [0.2, 0.25) is 0 Å². The molecule has 0 aliphatic rings. The third kappa shape index (κ3) is 4.76. The number of halogens is 1. The highest BCUT2D eigenvalue weighted by Gasteiger charge is 2.28. The summed E-state index contributed by atoms with van der Waals surface area (Å²) < 4.78 is 0. The van der Waals surface area contributed by atoms with Gasteiger partial charge in [-0.2, -0.15) is 0 Å². The molecule has 0 aliphatic heterocycles. The molecule has 0 spiro atoms. The molecule has 3 N–H and O–H groups in total. The fourth-order valence-electron chi connectivity index (χ4n) is 0.918. The quantitative estimate of drug-likeness (QED) is 0.427. The van der Waals surface area contributed by atoms with Crippen LogP contribution in [0.3, 0.4) is 0 Å². The monoisotopic (exact) mass is 195 g/mol. The molecule has 0 aromatic rings. The minimum absolute atomic E-state index is 0.899. The number of nitrogens with one attached hydrogen (secondary N) is 3. The molecule has 0 aromatic heterocycles. The second-order valence-electron chi connectivity index (χ2n) is 2.25. The van der Waals surface area contributed by atoms with Crippen LogP contribution in [-0.2, 0) is 0 Å². The number of rotatable bonds is 6. The Balaban J connectivity index is 3.79. The van der Waals surface area contributed by atoms with Crippen LogP contribution in [0.1, 0.15) is 20.8 Å². The van der Waals surface area contributed by atoms with Gasteiger partial charge in [0.1, 0.15) is 0 Å². The summed E-state index contributed by atoms with van der Waals surface area (Å²) in [5.74, 6) is 0. The predicted molar refractivity (Wildman–Crippen MR) is 52.6 cm³/mol. The van der Waals surface area contributed by atoms with Crippen molar-refractivity contribution in [3.63, 3.8) is 0 Å². The Morgan fingerprint density at radius 1 is 0.909 bits per heavy atom. The van der Waals surface area contributed by atoms with Crippen molar-refractivity contribution < 1.29 is 0 Å². The summed E-state index contributed by atoms with van der Waals surface area (Å²) in [5, 5.41) is 0. The van der Waals surface area contributed by atoms with E-state index in [0.717, 1.165) is 19.6 Å². The van der Waals surface area contributed by atoms with Gasteiger partial charge in [0.05, 0.1) is 0 Å². The summed E-state index contributed by atoms with van der Waals surface area (Å²) in [7, 11) is -2.03. The van der Waals surface area contributed by atoms with E-state index in [0.29, 0.717) is 0 Å². The zero-order valence-electron chi connectivity index (χ0n) is 7.50. The molecule has 0 fully saturated rings. The summed E-state index contributed by atoms with van der Waals surface area (Å²) in [5.41, 5.74) is 0. The summed E-state index contributed by atoms with van der Waals surface area (Å²) in [4.78, 5) is 9.73. The molecule has 0 saturated heterocycles. The summed E-state index contributed by atoms with van der Waals surface area (Å²) >= 11 is 6.25. The van der Waals surface area contributed by atoms with Crippen LogP contribution >= 0.6 is 11.1 Å². The van der Waals surface area contributed by atoms with Crippen molar-refractivity contribution in [1.29, 1.82) is 0 Å². The average Bonchev–Trinajstić information content (AvgIpc) is 1.88. The van der Waals surface area contributed by atoms with Crippen LogP contribution in [0, 0.1) is 0 Å². The average molecular weight is 196 g/mol. The molecule has 0 radical (unpaired) electrons. The molecule has 3 nitrogen and oxygen atoms in total. The lowest BCUT2D eigenvalue weighted by Crippen LogP contribution is -2.68. The molecule has 0 unspecified atom stereocenters. The summed E-state index contributed by atoms with van der Waals surface area (Å²) in [6, 6.07) is 0. The lowest BCUT2D eigenvalue weighted by atomic mass is 10.8. The van der Waals surface area contributed by atoms with Crippen molar-refractivity contribution in [1.82, 2.24) is 14.9 Å². The molecule has 0 amide bonds. The standard InChI is InChI=1S/C6H18ClN3Si/c1-4-8-11(7,9-5-2)10-6-3/h8-10H,4-6H2,1-3H3. The van der Waals surface area contributed by atoms with E-state index >= 15 is 0 Å². The summed E-state index contributed by atoms with van der Waals surface area (Å²) in [6.07, 6.45) is 0. The Hall–Kier alpha value is 0.387. The molecule has 11 heavy (non-hydrogen) atoms. The van der Waals surface area contributed by atoms with Gasteiger partial charge in [-0.3, -0.25) is 0 Å². The molecule has 0 rings (SSSR count). The fraction of sp³-hybridized carbons (Fsp3) is 1.00. The van der Waals surface area contributed by atoms with Crippen molar-refractivity contribution in [2.75, 3.05) is 19.6 Å². The van der Waals surface area contributed by atoms with E-state index < -0.39 is 7.87 Å². The second-order valence-corrected chi connectivity index (χ2v) is 6.33. The second kappa shape index (κ2) is 5.96. The molecule has 0 heterocycles. The molecule has 0 aromatic carbocycles. The first-order chi connectivity index (χ1) is 5.18. The topological polar surface area (TPSA) is 36.1 Å². The SMILES string of the molecule is CCN[Si](Cl)(NCC)NCC. The van der Waals surface area contributed by atoms with E-state index in [1.807, 2.05) is 0 Å². The van der Waals surface area contributed by atoms with Gasteiger partial charge in [-0.25, -0.2) is 0 Å². The smallest absolute Gasteiger partial charge is 0.301 e. The maximum Gasteiger partial charge on any atom is 0.384 e. The van der Waals surface area contributed by atoms with Gasteiger partial charge in [0, 0.05) is 0 Å². The van der Waals surface area contributed by atoms with Crippen molar-refractivity contribution in [2.45, 2.75) is 20.8 Å². The molecule has 0 atom stereocenters. The molecule has 68 valence electrons. The Labute approximate surface area is 74.8 Å². The maximum absolute atomic E-state index is 6.25. The third-order valence-electron chi connectivity index (χ3n) is 1.26. The minimum atomic E-state index is -2.03. The highest BCUT2D eigenvalue weighted by Crippen LogP contribution is 1.93. The van der Waals surface area contributed by atoms with Crippen molar-refractivity contribution >= 4 is 18.9 Å². The van der Waals surface area contributed by atoms with E-state index in [1.54, 1.807) is 0 Å². The first-order valence-electron chi connectivity index (χ1n) is 4.12. The van der Waals surface area contributed by atoms with Gasteiger partial charge in [0.15, 0.2) is 0 Å². The number of hydrogen-bond donors (Lipinski definition) is 3. The van der Waals surface area contributed by atoms with Crippen LogP contribution in [-0.4, -0.2) is 27.5 Å². The van der Waals surface area contributed by atoms with Gasteiger partial charge >= 0.3 is 7.87 Å². The Morgan fingerprint density at radius 3 is 1.36 bits per heavy atom. The maximum atomic E-state index is 6.25. The molecule has 0 bridgehead atoms. The van der Waals surface area contributed by atoms with Crippen LogP contribution < -0.4 is 14.9 Å². The largest absolute Gasteiger partial charge is 0.384 e.